The summed E-state index contributed by atoms with van der Waals surface area (Å²) in [7, 11) is 0. The zero-order valence-corrected chi connectivity index (χ0v) is 6.72. The molecule has 1 rings (SSSR count). The first-order valence-electron chi connectivity index (χ1n) is 3.80. The van der Waals surface area contributed by atoms with Gasteiger partial charge < -0.3 is 15.8 Å². The maximum Gasteiger partial charge on any atom is 0.222 e. The molecule has 4 nitrogen and oxygen atoms in total. The number of rotatable bonds is 3. The number of hydrogen-bond acceptors (Lipinski definition) is 3. The van der Waals surface area contributed by atoms with E-state index in [1.54, 1.807) is 0 Å². The minimum atomic E-state index is -0.390. The van der Waals surface area contributed by atoms with Gasteiger partial charge in [0.15, 0.2) is 0 Å². The summed E-state index contributed by atoms with van der Waals surface area (Å²) in [6.45, 7) is 3.56. The highest BCUT2D eigenvalue weighted by Crippen LogP contribution is 2.16. The third kappa shape index (κ3) is 2.17. The van der Waals surface area contributed by atoms with Gasteiger partial charge in [-0.2, -0.15) is 0 Å². The summed E-state index contributed by atoms with van der Waals surface area (Å²) in [6.07, 6.45) is 0.376. The van der Waals surface area contributed by atoms with Crippen molar-refractivity contribution in [2.45, 2.75) is 18.9 Å². The van der Waals surface area contributed by atoms with Crippen LogP contribution in [-0.2, 0) is 9.53 Å². The third-order valence-corrected chi connectivity index (χ3v) is 1.67. The third-order valence-electron chi connectivity index (χ3n) is 1.67. The SMILES string of the molecule is CCNC(=O)CC1(N)COC1. The van der Waals surface area contributed by atoms with Crippen LogP contribution >= 0.6 is 0 Å². The van der Waals surface area contributed by atoms with Crippen molar-refractivity contribution in [2.75, 3.05) is 19.8 Å². The van der Waals surface area contributed by atoms with Crippen molar-refractivity contribution in [1.29, 1.82) is 0 Å². The van der Waals surface area contributed by atoms with Gasteiger partial charge >= 0.3 is 0 Å². The molecule has 1 aliphatic heterocycles. The molecule has 11 heavy (non-hydrogen) atoms. The average molecular weight is 158 g/mol. The topological polar surface area (TPSA) is 64.4 Å². The maximum absolute atomic E-state index is 11.0. The lowest BCUT2D eigenvalue weighted by Crippen LogP contribution is -2.59. The van der Waals surface area contributed by atoms with E-state index in [0.29, 0.717) is 26.2 Å². The Balaban J connectivity index is 2.23. The van der Waals surface area contributed by atoms with E-state index in [2.05, 4.69) is 5.32 Å². The van der Waals surface area contributed by atoms with Gasteiger partial charge in [0.05, 0.1) is 18.8 Å². The zero-order chi connectivity index (χ0) is 8.32. The molecule has 0 radical (unpaired) electrons. The van der Waals surface area contributed by atoms with Gasteiger partial charge in [0.25, 0.3) is 0 Å². The molecule has 1 heterocycles. The molecule has 0 atom stereocenters. The molecule has 0 aromatic heterocycles. The van der Waals surface area contributed by atoms with Crippen LogP contribution in [0, 0.1) is 0 Å². The van der Waals surface area contributed by atoms with Crippen molar-refractivity contribution in [3.63, 3.8) is 0 Å². The quantitative estimate of drug-likeness (QED) is 0.567. The molecular weight excluding hydrogens is 144 g/mol. The number of ether oxygens (including phenoxy) is 1. The van der Waals surface area contributed by atoms with Crippen LogP contribution in [-0.4, -0.2) is 31.2 Å². The van der Waals surface area contributed by atoms with E-state index >= 15 is 0 Å². The molecule has 1 amide bonds. The smallest absolute Gasteiger partial charge is 0.222 e. The molecule has 0 spiro atoms. The van der Waals surface area contributed by atoms with Gasteiger partial charge in [-0.05, 0) is 6.92 Å². The highest BCUT2D eigenvalue weighted by Gasteiger charge is 2.36. The Hall–Kier alpha value is -0.610. The van der Waals surface area contributed by atoms with E-state index in [1.165, 1.54) is 0 Å². The van der Waals surface area contributed by atoms with Crippen molar-refractivity contribution in [3.05, 3.63) is 0 Å². The molecule has 0 aromatic rings. The number of carbonyl (C=O) groups is 1. The van der Waals surface area contributed by atoms with Crippen molar-refractivity contribution in [1.82, 2.24) is 5.32 Å². The van der Waals surface area contributed by atoms with E-state index < -0.39 is 0 Å². The fraction of sp³-hybridized carbons (Fsp3) is 0.857. The van der Waals surface area contributed by atoms with Gasteiger partial charge in [-0.15, -0.1) is 0 Å². The molecular formula is C7H14N2O2. The summed E-state index contributed by atoms with van der Waals surface area (Å²) in [5, 5.41) is 2.70. The summed E-state index contributed by atoms with van der Waals surface area (Å²) >= 11 is 0. The van der Waals surface area contributed by atoms with E-state index in [1.807, 2.05) is 6.92 Å². The molecule has 3 N–H and O–H groups in total. The van der Waals surface area contributed by atoms with Crippen molar-refractivity contribution in [3.8, 4) is 0 Å². The van der Waals surface area contributed by atoms with Crippen molar-refractivity contribution < 1.29 is 9.53 Å². The second-order valence-corrected chi connectivity index (χ2v) is 2.99. The van der Waals surface area contributed by atoms with Crippen LogP contribution in [0.4, 0.5) is 0 Å². The predicted molar refractivity (Wildman–Crippen MR) is 41.0 cm³/mol. The van der Waals surface area contributed by atoms with Crippen molar-refractivity contribution >= 4 is 5.91 Å². The predicted octanol–water partition coefficient (Wildman–Crippen LogP) is -0.760. The van der Waals surface area contributed by atoms with Gasteiger partial charge in [0.2, 0.25) is 5.91 Å². The molecule has 0 saturated carbocycles. The normalized spacial score (nSPS) is 20.5. The number of amides is 1. The standard InChI is InChI=1S/C7H14N2O2/c1-2-9-6(10)3-7(8)4-11-5-7/h2-5,8H2,1H3,(H,9,10). The van der Waals surface area contributed by atoms with E-state index in [9.17, 15) is 4.79 Å². The molecule has 64 valence electrons. The first kappa shape index (κ1) is 8.49. The Kier molecular flexibility index (Phi) is 2.46. The molecule has 0 bridgehead atoms. The Morgan fingerprint density at radius 2 is 2.36 bits per heavy atom. The molecule has 1 fully saturated rings. The molecule has 4 heteroatoms. The van der Waals surface area contributed by atoms with E-state index in [-0.39, 0.29) is 11.4 Å². The van der Waals surface area contributed by atoms with Gasteiger partial charge in [0, 0.05) is 13.0 Å². The lowest BCUT2D eigenvalue weighted by Gasteiger charge is -2.37. The van der Waals surface area contributed by atoms with Crippen LogP contribution in [0.5, 0.6) is 0 Å². The van der Waals surface area contributed by atoms with Crippen LogP contribution in [0.3, 0.4) is 0 Å². The largest absolute Gasteiger partial charge is 0.377 e. The number of nitrogens with two attached hydrogens (primary N) is 1. The monoisotopic (exact) mass is 158 g/mol. The molecule has 0 aromatic carbocycles. The van der Waals surface area contributed by atoms with Crippen molar-refractivity contribution in [2.24, 2.45) is 5.73 Å². The van der Waals surface area contributed by atoms with Crippen LogP contribution in [0.2, 0.25) is 0 Å². The summed E-state index contributed by atoms with van der Waals surface area (Å²) in [5.41, 5.74) is 5.36. The molecule has 1 aliphatic rings. The second-order valence-electron chi connectivity index (χ2n) is 2.99. The number of nitrogens with one attached hydrogen (secondary N) is 1. The van der Waals surface area contributed by atoms with Crippen LogP contribution in [0.15, 0.2) is 0 Å². The summed E-state index contributed by atoms with van der Waals surface area (Å²) < 4.78 is 4.91. The Labute approximate surface area is 66.1 Å². The Morgan fingerprint density at radius 3 is 2.73 bits per heavy atom. The van der Waals surface area contributed by atoms with Crippen LogP contribution < -0.4 is 11.1 Å². The average Bonchev–Trinajstić information content (AvgIpc) is 1.85. The zero-order valence-electron chi connectivity index (χ0n) is 6.72. The molecule has 0 unspecified atom stereocenters. The Bertz CT molecular complexity index is 155. The minimum absolute atomic E-state index is 0.0123. The fourth-order valence-electron chi connectivity index (χ4n) is 1.05. The molecule has 1 saturated heterocycles. The summed E-state index contributed by atoms with van der Waals surface area (Å²) in [6, 6.07) is 0. The fourth-order valence-corrected chi connectivity index (χ4v) is 1.05. The lowest BCUT2D eigenvalue weighted by molar-refractivity contribution is -0.128. The van der Waals surface area contributed by atoms with Crippen LogP contribution in [0.1, 0.15) is 13.3 Å². The maximum atomic E-state index is 11.0. The highest BCUT2D eigenvalue weighted by molar-refractivity contribution is 5.77. The molecule has 0 aliphatic carbocycles. The van der Waals surface area contributed by atoms with Gasteiger partial charge in [-0.25, -0.2) is 0 Å². The second kappa shape index (κ2) is 3.19. The van der Waals surface area contributed by atoms with Gasteiger partial charge in [-0.3, -0.25) is 4.79 Å². The van der Waals surface area contributed by atoms with Gasteiger partial charge in [-0.1, -0.05) is 0 Å². The van der Waals surface area contributed by atoms with Gasteiger partial charge in [0.1, 0.15) is 0 Å². The lowest BCUT2D eigenvalue weighted by atomic mass is 9.94. The van der Waals surface area contributed by atoms with E-state index in [4.69, 9.17) is 10.5 Å². The minimum Gasteiger partial charge on any atom is -0.377 e. The summed E-state index contributed by atoms with van der Waals surface area (Å²) in [5.74, 6) is 0.0123. The Morgan fingerprint density at radius 1 is 1.73 bits per heavy atom. The first-order valence-corrected chi connectivity index (χ1v) is 3.80. The van der Waals surface area contributed by atoms with E-state index in [0.717, 1.165) is 0 Å². The number of carbonyl (C=O) groups excluding carboxylic acids is 1. The first-order chi connectivity index (χ1) is 5.16. The highest BCUT2D eigenvalue weighted by atomic mass is 16.5. The number of hydrogen-bond donors (Lipinski definition) is 2. The van der Waals surface area contributed by atoms with Crippen LogP contribution in [0.25, 0.3) is 0 Å². The summed E-state index contributed by atoms with van der Waals surface area (Å²) in [4.78, 5) is 11.0.